The molecular weight excluding hydrogens is 240 g/mol. The van der Waals surface area contributed by atoms with Gasteiger partial charge in [0.05, 0.1) is 0 Å². The molecule has 9 aliphatic rings. The second kappa shape index (κ2) is 3.30. The maximum Gasteiger partial charge on any atom is -0.00158 e. The summed E-state index contributed by atoms with van der Waals surface area (Å²) in [5.41, 5.74) is 0. The Morgan fingerprint density at radius 3 is 0.800 bits per heavy atom. The highest BCUT2D eigenvalue weighted by atomic mass is 14.6. The third-order valence-electron chi connectivity index (χ3n) is 7.22. The monoisotopic (exact) mass is 260 g/mol. The largest absolute Gasteiger partial charge is 0.0845 e. The molecular formula is C20H20. The zero-order chi connectivity index (χ0) is 12.8. The van der Waals surface area contributed by atoms with Crippen LogP contribution in [0.3, 0.4) is 0 Å². The first-order valence-electron chi connectivity index (χ1n) is 8.33. The van der Waals surface area contributed by atoms with Crippen molar-refractivity contribution in [1.82, 2.24) is 0 Å². The SMILES string of the molecule is C1=CC2C=CC1C1C3C=CC(C21)C1C2C=CC(C=C2)C31. The number of hydrogen-bond acceptors (Lipinski definition) is 0. The normalized spacial score (nSPS) is 62.0. The molecule has 100 valence electrons. The van der Waals surface area contributed by atoms with Crippen molar-refractivity contribution in [3.63, 3.8) is 0 Å². The van der Waals surface area contributed by atoms with Crippen LogP contribution in [0.4, 0.5) is 0 Å². The van der Waals surface area contributed by atoms with Gasteiger partial charge in [0, 0.05) is 0 Å². The zero-order valence-corrected chi connectivity index (χ0v) is 11.5. The average molecular weight is 260 g/mol. The van der Waals surface area contributed by atoms with E-state index in [0.29, 0.717) is 0 Å². The van der Waals surface area contributed by atoms with Gasteiger partial charge in [0.1, 0.15) is 0 Å². The van der Waals surface area contributed by atoms with E-state index in [1.165, 1.54) is 0 Å². The molecule has 20 heavy (non-hydrogen) atoms. The summed E-state index contributed by atoms with van der Waals surface area (Å²) in [5, 5.41) is 0. The summed E-state index contributed by atoms with van der Waals surface area (Å²) in [6.07, 6.45) is 25.2. The summed E-state index contributed by atoms with van der Waals surface area (Å²) >= 11 is 0. The molecule has 0 heterocycles. The van der Waals surface area contributed by atoms with Gasteiger partial charge in [-0.15, -0.1) is 0 Å². The third kappa shape index (κ3) is 1.01. The van der Waals surface area contributed by atoms with E-state index in [1.54, 1.807) is 0 Å². The van der Waals surface area contributed by atoms with E-state index in [9.17, 15) is 0 Å². The van der Waals surface area contributed by atoms with Gasteiger partial charge in [0.2, 0.25) is 0 Å². The highest BCUT2D eigenvalue weighted by Gasteiger charge is 2.59. The summed E-state index contributed by atoms with van der Waals surface area (Å²) in [6, 6.07) is 0. The predicted molar refractivity (Wildman–Crippen MR) is 80.6 cm³/mol. The van der Waals surface area contributed by atoms with Crippen LogP contribution >= 0.6 is 0 Å². The fourth-order valence-corrected chi connectivity index (χ4v) is 6.67. The smallest absolute Gasteiger partial charge is 0.00158 e. The Kier molecular flexibility index (Phi) is 1.72. The lowest BCUT2D eigenvalue weighted by atomic mass is 9.41. The van der Waals surface area contributed by atoms with Crippen molar-refractivity contribution in [3.05, 3.63) is 60.8 Å². The number of hydrogen-bond donors (Lipinski definition) is 0. The van der Waals surface area contributed by atoms with Crippen LogP contribution in [-0.2, 0) is 0 Å². The summed E-state index contributed by atoms with van der Waals surface area (Å²) in [5.74, 6) is 8.10. The van der Waals surface area contributed by atoms with Crippen molar-refractivity contribution >= 4 is 0 Å². The van der Waals surface area contributed by atoms with E-state index in [-0.39, 0.29) is 0 Å². The molecule has 0 aliphatic heterocycles. The van der Waals surface area contributed by atoms with Crippen molar-refractivity contribution in [1.29, 1.82) is 0 Å². The van der Waals surface area contributed by atoms with Crippen LogP contribution in [0.25, 0.3) is 0 Å². The molecule has 6 bridgehead atoms. The van der Waals surface area contributed by atoms with Crippen LogP contribution in [0.2, 0.25) is 0 Å². The molecule has 0 N–H and O–H groups in total. The highest BCUT2D eigenvalue weighted by molar-refractivity contribution is 5.35. The van der Waals surface area contributed by atoms with Crippen molar-refractivity contribution < 1.29 is 0 Å². The van der Waals surface area contributed by atoms with E-state index >= 15 is 0 Å². The summed E-state index contributed by atoms with van der Waals surface area (Å²) < 4.78 is 0. The fraction of sp³-hybridized carbons (Fsp3) is 0.500. The van der Waals surface area contributed by atoms with Crippen LogP contribution in [0.1, 0.15) is 0 Å². The molecule has 0 amide bonds. The summed E-state index contributed by atoms with van der Waals surface area (Å²) in [6.45, 7) is 0. The fourth-order valence-electron chi connectivity index (χ4n) is 6.67. The molecule has 0 heteroatoms. The minimum atomic E-state index is 0.719. The quantitative estimate of drug-likeness (QED) is 0.577. The first-order chi connectivity index (χ1) is 9.92. The van der Waals surface area contributed by atoms with E-state index in [4.69, 9.17) is 0 Å². The Morgan fingerprint density at radius 2 is 0.550 bits per heavy atom. The van der Waals surface area contributed by atoms with Crippen LogP contribution in [0.5, 0.6) is 0 Å². The van der Waals surface area contributed by atoms with E-state index in [2.05, 4.69) is 60.8 Å². The van der Waals surface area contributed by atoms with Crippen molar-refractivity contribution in [2.75, 3.05) is 0 Å². The maximum absolute atomic E-state index is 2.61. The Hall–Kier alpha value is -1.30. The van der Waals surface area contributed by atoms with Gasteiger partial charge >= 0.3 is 0 Å². The van der Waals surface area contributed by atoms with E-state index in [0.717, 1.165) is 59.2 Å². The van der Waals surface area contributed by atoms with Crippen molar-refractivity contribution in [3.8, 4) is 0 Å². The second-order valence-corrected chi connectivity index (χ2v) is 7.70. The van der Waals surface area contributed by atoms with E-state index < -0.39 is 0 Å². The Morgan fingerprint density at radius 1 is 0.300 bits per heavy atom. The lowest BCUT2D eigenvalue weighted by Crippen LogP contribution is -2.58. The van der Waals surface area contributed by atoms with Gasteiger partial charge < -0.3 is 0 Å². The average Bonchev–Trinajstić information content (AvgIpc) is 2.57. The number of allylic oxidation sites excluding steroid dienone is 10. The number of rotatable bonds is 0. The lowest BCUT2D eigenvalue weighted by Gasteiger charge is -2.63. The molecule has 0 nitrogen and oxygen atoms in total. The van der Waals surface area contributed by atoms with Gasteiger partial charge in [0.25, 0.3) is 0 Å². The lowest BCUT2D eigenvalue weighted by molar-refractivity contribution is -0.0567. The van der Waals surface area contributed by atoms with Crippen LogP contribution in [-0.4, -0.2) is 0 Å². The molecule has 1 fully saturated rings. The molecule has 0 saturated heterocycles. The van der Waals surface area contributed by atoms with Gasteiger partial charge in [-0.2, -0.15) is 0 Å². The minimum absolute atomic E-state index is 0.719. The Balaban J connectivity index is 1.54. The van der Waals surface area contributed by atoms with Crippen LogP contribution in [0, 0.1) is 59.2 Å². The van der Waals surface area contributed by atoms with Gasteiger partial charge in [-0.25, -0.2) is 0 Å². The molecule has 0 aromatic heterocycles. The van der Waals surface area contributed by atoms with Crippen molar-refractivity contribution in [2.45, 2.75) is 0 Å². The molecule has 0 aromatic rings. The molecule has 0 spiro atoms. The maximum atomic E-state index is 2.61. The third-order valence-corrected chi connectivity index (χ3v) is 7.22. The van der Waals surface area contributed by atoms with Crippen molar-refractivity contribution in [2.24, 2.45) is 59.2 Å². The Labute approximate surface area is 120 Å². The highest BCUT2D eigenvalue weighted by Crippen LogP contribution is 2.65. The second-order valence-electron chi connectivity index (χ2n) is 7.70. The van der Waals surface area contributed by atoms with Gasteiger partial charge in [-0.3, -0.25) is 0 Å². The predicted octanol–water partition coefficient (Wildman–Crippen LogP) is 4.01. The van der Waals surface area contributed by atoms with E-state index in [1.807, 2.05) is 0 Å². The molecule has 9 aliphatic carbocycles. The van der Waals surface area contributed by atoms with Gasteiger partial charge in [-0.05, 0) is 59.2 Å². The molecule has 9 rings (SSSR count). The molecule has 0 unspecified atom stereocenters. The summed E-state index contributed by atoms with van der Waals surface area (Å²) in [7, 11) is 0. The summed E-state index contributed by atoms with van der Waals surface area (Å²) in [4.78, 5) is 0. The first-order valence-corrected chi connectivity index (χ1v) is 8.33. The zero-order valence-electron chi connectivity index (χ0n) is 11.5. The van der Waals surface area contributed by atoms with Crippen LogP contribution < -0.4 is 0 Å². The topological polar surface area (TPSA) is 0 Å². The Bertz CT molecular complexity index is 490. The standard InChI is InChI=1S/C20H20/c1-2-12-4-3-11(1)17-15-9-10-16(18(12)17)20-14-7-5-13(6-8-14)19(15)20/h1-20H. The van der Waals surface area contributed by atoms with Crippen LogP contribution in [0.15, 0.2) is 60.8 Å². The first kappa shape index (κ1) is 10.4. The minimum Gasteiger partial charge on any atom is -0.0845 e. The van der Waals surface area contributed by atoms with Gasteiger partial charge in [-0.1, -0.05) is 60.8 Å². The molecule has 0 aromatic carbocycles. The molecule has 1 saturated carbocycles. The molecule has 0 atom stereocenters. The molecule has 0 radical (unpaired) electrons. The van der Waals surface area contributed by atoms with Gasteiger partial charge in [0.15, 0.2) is 0 Å².